The summed E-state index contributed by atoms with van der Waals surface area (Å²) in [7, 11) is 0. The van der Waals surface area contributed by atoms with Gasteiger partial charge in [0.25, 0.3) is 5.91 Å². The number of carbonyl (C=O) groups is 1. The van der Waals surface area contributed by atoms with Gasteiger partial charge >= 0.3 is 0 Å². The van der Waals surface area contributed by atoms with Gasteiger partial charge in [-0.25, -0.2) is 0 Å². The van der Waals surface area contributed by atoms with E-state index >= 15 is 0 Å². The maximum Gasteiger partial charge on any atom is 0.270 e. The molecule has 1 unspecified atom stereocenters. The molecule has 19 heavy (non-hydrogen) atoms. The van der Waals surface area contributed by atoms with Gasteiger partial charge in [0.1, 0.15) is 5.69 Å². The zero-order chi connectivity index (χ0) is 13.7. The predicted octanol–water partition coefficient (Wildman–Crippen LogP) is 0.382. The van der Waals surface area contributed by atoms with Crippen molar-refractivity contribution in [3.05, 3.63) is 42.5 Å². The molecule has 0 aromatic carbocycles. The topological polar surface area (TPSA) is 97.9 Å². The molecule has 0 aliphatic heterocycles. The highest BCUT2D eigenvalue weighted by atomic mass is 16.1. The van der Waals surface area contributed by atoms with Crippen molar-refractivity contribution in [2.75, 3.05) is 5.43 Å². The summed E-state index contributed by atoms with van der Waals surface area (Å²) < 4.78 is 1.76. The predicted molar refractivity (Wildman–Crippen MR) is 71.2 cm³/mol. The van der Waals surface area contributed by atoms with Crippen molar-refractivity contribution in [2.24, 2.45) is 5.84 Å². The van der Waals surface area contributed by atoms with Gasteiger partial charge in [-0.05, 0) is 25.1 Å². The molecule has 0 saturated carbocycles. The normalized spacial score (nSPS) is 11.9. The van der Waals surface area contributed by atoms with E-state index in [0.29, 0.717) is 17.9 Å². The van der Waals surface area contributed by atoms with E-state index < -0.39 is 0 Å². The van der Waals surface area contributed by atoms with Gasteiger partial charge in [0.05, 0.1) is 12.2 Å². The zero-order valence-corrected chi connectivity index (χ0v) is 10.6. The van der Waals surface area contributed by atoms with Crippen LogP contribution in [0.25, 0.3) is 0 Å². The first-order valence-corrected chi connectivity index (χ1v) is 5.90. The highest BCUT2D eigenvalue weighted by molar-refractivity contribution is 5.93. The Hall–Kier alpha value is -2.41. The van der Waals surface area contributed by atoms with Crippen LogP contribution in [0.4, 0.5) is 5.69 Å². The van der Waals surface area contributed by atoms with Crippen LogP contribution in [-0.4, -0.2) is 26.7 Å². The number of nitrogen functional groups attached to an aromatic ring is 1. The minimum absolute atomic E-state index is 0.0521. The van der Waals surface area contributed by atoms with E-state index in [4.69, 9.17) is 5.84 Å². The average Bonchev–Trinajstić information content (AvgIpc) is 2.91. The van der Waals surface area contributed by atoms with Crippen LogP contribution in [0, 0.1) is 0 Å². The maximum absolute atomic E-state index is 12.0. The SMILES string of the molecule is CC(Cn1cccn1)NC(=O)c1cc(NN)ccn1. The molecule has 2 rings (SSSR count). The van der Waals surface area contributed by atoms with Crippen LogP contribution in [-0.2, 0) is 6.54 Å². The van der Waals surface area contributed by atoms with Gasteiger partial charge in [-0.1, -0.05) is 0 Å². The standard InChI is InChI=1S/C12H16N6O/c1-9(8-18-6-2-4-15-18)16-12(19)11-7-10(17-13)3-5-14-11/h2-7,9H,8,13H2,1H3,(H,14,17)(H,16,19). The minimum atomic E-state index is -0.239. The summed E-state index contributed by atoms with van der Waals surface area (Å²) >= 11 is 0. The highest BCUT2D eigenvalue weighted by Crippen LogP contribution is 2.06. The average molecular weight is 260 g/mol. The van der Waals surface area contributed by atoms with Crippen molar-refractivity contribution in [3.63, 3.8) is 0 Å². The second kappa shape index (κ2) is 5.96. The van der Waals surface area contributed by atoms with E-state index in [-0.39, 0.29) is 11.9 Å². The summed E-state index contributed by atoms with van der Waals surface area (Å²) in [6.07, 6.45) is 5.08. The fourth-order valence-electron chi connectivity index (χ4n) is 1.68. The maximum atomic E-state index is 12.0. The molecule has 2 aromatic rings. The largest absolute Gasteiger partial charge is 0.346 e. The van der Waals surface area contributed by atoms with E-state index in [1.165, 1.54) is 6.20 Å². The first-order valence-electron chi connectivity index (χ1n) is 5.90. The molecule has 4 N–H and O–H groups in total. The van der Waals surface area contributed by atoms with E-state index in [9.17, 15) is 4.79 Å². The smallest absolute Gasteiger partial charge is 0.270 e. The third-order valence-electron chi connectivity index (χ3n) is 2.56. The van der Waals surface area contributed by atoms with Crippen LogP contribution >= 0.6 is 0 Å². The summed E-state index contributed by atoms with van der Waals surface area (Å²) in [5.74, 6) is 5.05. The van der Waals surface area contributed by atoms with Crippen LogP contribution in [0.15, 0.2) is 36.8 Å². The number of pyridine rings is 1. The lowest BCUT2D eigenvalue weighted by molar-refractivity contribution is 0.0931. The lowest BCUT2D eigenvalue weighted by atomic mass is 10.2. The second-order valence-electron chi connectivity index (χ2n) is 4.18. The molecule has 7 heteroatoms. The molecule has 0 spiro atoms. The monoisotopic (exact) mass is 260 g/mol. The highest BCUT2D eigenvalue weighted by Gasteiger charge is 2.11. The molecule has 0 radical (unpaired) electrons. The van der Waals surface area contributed by atoms with E-state index in [2.05, 4.69) is 20.8 Å². The lowest BCUT2D eigenvalue weighted by Crippen LogP contribution is -2.36. The number of hydrogen-bond donors (Lipinski definition) is 3. The van der Waals surface area contributed by atoms with Crippen LogP contribution in [0.3, 0.4) is 0 Å². The molecule has 1 amide bonds. The molecule has 0 aliphatic carbocycles. The second-order valence-corrected chi connectivity index (χ2v) is 4.18. The Balaban J connectivity index is 1.96. The van der Waals surface area contributed by atoms with Crippen molar-refractivity contribution >= 4 is 11.6 Å². The molecule has 0 fully saturated rings. The van der Waals surface area contributed by atoms with E-state index in [1.807, 2.05) is 19.2 Å². The van der Waals surface area contributed by atoms with E-state index in [1.54, 1.807) is 23.0 Å². The van der Waals surface area contributed by atoms with Gasteiger partial charge in [-0.2, -0.15) is 5.10 Å². The quantitative estimate of drug-likeness (QED) is 0.533. The van der Waals surface area contributed by atoms with Gasteiger partial charge in [0.2, 0.25) is 0 Å². The number of carbonyl (C=O) groups excluding carboxylic acids is 1. The molecular formula is C12H16N6O. The molecule has 0 bridgehead atoms. The molecule has 1 atom stereocenters. The number of nitrogens with one attached hydrogen (secondary N) is 2. The molecule has 100 valence electrons. The number of amides is 1. The van der Waals surface area contributed by atoms with Crippen molar-refractivity contribution in [1.29, 1.82) is 0 Å². The number of nitrogens with two attached hydrogens (primary N) is 1. The summed E-state index contributed by atoms with van der Waals surface area (Å²) in [6, 6.07) is 5.07. The zero-order valence-electron chi connectivity index (χ0n) is 10.6. The molecule has 2 heterocycles. The van der Waals surface area contributed by atoms with Gasteiger partial charge in [-0.3, -0.25) is 20.3 Å². The van der Waals surface area contributed by atoms with Crippen LogP contribution in [0.1, 0.15) is 17.4 Å². The summed E-state index contributed by atoms with van der Waals surface area (Å²) in [5, 5.41) is 6.94. The van der Waals surface area contributed by atoms with Gasteiger partial charge in [-0.15, -0.1) is 0 Å². The number of hydrogen-bond acceptors (Lipinski definition) is 5. The Labute approximate surface area is 110 Å². The van der Waals surface area contributed by atoms with E-state index in [0.717, 1.165) is 0 Å². The van der Waals surface area contributed by atoms with Crippen LogP contribution in [0.5, 0.6) is 0 Å². The summed E-state index contributed by atoms with van der Waals surface area (Å²) in [6.45, 7) is 2.51. The van der Waals surface area contributed by atoms with Crippen molar-refractivity contribution in [1.82, 2.24) is 20.1 Å². The Kier molecular flexibility index (Phi) is 4.09. The molecule has 2 aromatic heterocycles. The minimum Gasteiger partial charge on any atom is -0.346 e. The summed E-state index contributed by atoms with van der Waals surface area (Å²) in [5.41, 5.74) is 3.44. The fraction of sp³-hybridized carbons (Fsp3) is 0.250. The van der Waals surface area contributed by atoms with Gasteiger partial charge in [0, 0.05) is 24.6 Å². The number of nitrogens with zero attached hydrogens (tertiary/aromatic N) is 3. The van der Waals surface area contributed by atoms with Gasteiger partial charge < -0.3 is 10.7 Å². The third kappa shape index (κ3) is 3.52. The Morgan fingerprint density at radius 2 is 2.37 bits per heavy atom. The van der Waals surface area contributed by atoms with Crippen LogP contribution < -0.4 is 16.6 Å². The first kappa shape index (κ1) is 13.0. The molecule has 0 aliphatic rings. The Morgan fingerprint density at radius 1 is 1.53 bits per heavy atom. The number of rotatable bonds is 5. The van der Waals surface area contributed by atoms with Crippen molar-refractivity contribution in [3.8, 4) is 0 Å². The summed E-state index contributed by atoms with van der Waals surface area (Å²) in [4.78, 5) is 16.0. The number of anilines is 1. The van der Waals surface area contributed by atoms with Crippen molar-refractivity contribution < 1.29 is 4.79 Å². The Bertz CT molecular complexity index is 539. The van der Waals surface area contributed by atoms with Crippen LogP contribution in [0.2, 0.25) is 0 Å². The number of aromatic nitrogens is 3. The molecule has 7 nitrogen and oxygen atoms in total. The molecule has 0 saturated heterocycles. The fourth-order valence-corrected chi connectivity index (χ4v) is 1.68. The molecular weight excluding hydrogens is 244 g/mol. The third-order valence-corrected chi connectivity index (χ3v) is 2.56. The lowest BCUT2D eigenvalue weighted by Gasteiger charge is -2.13. The van der Waals surface area contributed by atoms with Crippen molar-refractivity contribution in [2.45, 2.75) is 19.5 Å². The number of hydrazine groups is 1. The van der Waals surface area contributed by atoms with Gasteiger partial charge in [0.15, 0.2) is 0 Å². The Morgan fingerprint density at radius 3 is 3.05 bits per heavy atom. The first-order chi connectivity index (χ1) is 9.19.